The molecular formula is C20H38N8O8. The summed E-state index contributed by atoms with van der Waals surface area (Å²) in [5, 5.41) is 35.2. The van der Waals surface area contributed by atoms with Gasteiger partial charge in [0.25, 0.3) is 0 Å². The van der Waals surface area contributed by atoms with E-state index >= 15 is 0 Å². The number of carboxylic acid groups (broad SMARTS) is 2. The van der Waals surface area contributed by atoms with Gasteiger partial charge in [0, 0.05) is 6.54 Å². The second-order valence-electron chi connectivity index (χ2n) is 8.13. The van der Waals surface area contributed by atoms with Crippen LogP contribution in [0.5, 0.6) is 0 Å². The van der Waals surface area contributed by atoms with Crippen molar-refractivity contribution in [3.05, 3.63) is 0 Å². The normalized spacial score (nSPS) is 14.9. The molecule has 0 aromatic heterocycles. The van der Waals surface area contributed by atoms with Crippen LogP contribution >= 0.6 is 0 Å². The molecule has 14 N–H and O–H groups in total. The van der Waals surface area contributed by atoms with Gasteiger partial charge in [-0.05, 0) is 45.6 Å². The van der Waals surface area contributed by atoms with E-state index in [9.17, 15) is 34.2 Å². The first-order valence-electron chi connectivity index (χ1n) is 11.3. The van der Waals surface area contributed by atoms with Gasteiger partial charge in [0.05, 0.1) is 18.6 Å². The molecule has 0 aliphatic rings. The predicted molar refractivity (Wildman–Crippen MR) is 128 cm³/mol. The Kier molecular flexibility index (Phi) is 15.4. The standard InChI is InChI=1S/C20H38N8O8/c1-10(29)15(18(34)27-13(19(35)36)6-4-8-25-20(23)24)28-17(33)12(5-2-3-7-21)26-16(32)11(22)9-14(30)31/h10-13,15,29H,2-9,21-22H2,1H3,(H,26,32)(H,27,34)(H,28,33)(H,30,31)(H,35,36)(H4,23,24,25). The third-order valence-corrected chi connectivity index (χ3v) is 4.93. The number of amides is 3. The highest BCUT2D eigenvalue weighted by Crippen LogP contribution is 2.06. The summed E-state index contributed by atoms with van der Waals surface area (Å²) in [6.45, 7) is 1.66. The summed E-state index contributed by atoms with van der Waals surface area (Å²) in [4.78, 5) is 63.9. The Bertz CT molecular complexity index is 788. The number of carboxylic acids is 2. The maximum Gasteiger partial charge on any atom is 0.326 e. The first-order valence-corrected chi connectivity index (χ1v) is 11.3. The van der Waals surface area contributed by atoms with Crippen molar-refractivity contribution < 1.29 is 39.3 Å². The summed E-state index contributed by atoms with van der Waals surface area (Å²) in [6.07, 6.45) is -0.885. The summed E-state index contributed by atoms with van der Waals surface area (Å²) in [5.74, 6) is -5.54. The summed E-state index contributed by atoms with van der Waals surface area (Å²) in [6, 6.07) is -5.54. The van der Waals surface area contributed by atoms with Crippen molar-refractivity contribution in [3.63, 3.8) is 0 Å². The molecular weight excluding hydrogens is 480 g/mol. The minimum Gasteiger partial charge on any atom is -0.481 e. The number of hydrogen-bond acceptors (Lipinski definition) is 9. The van der Waals surface area contributed by atoms with Crippen LogP contribution in [0.3, 0.4) is 0 Å². The molecule has 0 radical (unpaired) electrons. The Labute approximate surface area is 208 Å². The number of nitrogens with one attached hydrogen (secondary N) is 3. The Morgan fingerprint density at radius 1 is 0.861 bits per heavy atom. The average molecular weight is 519 g/mol. The summed E-state index contributed by atoms with van der Waals surface area (Å²) >= 11 is 0. The molecule has 5 unspecified atom stereocenters. The van der Waals surface area contributed by atoms with Crippen molar-refractivity contribution in [1.82, 2.24) is 16.0 Å². The zero-order valence-electron chi connectivity index (χ0n) is 20.2. The predicted octanol–water partition coefficient (Wildman–Crippen LogP) is -4.11. The van der Waals surface area contributed by atoms with E-state index in [0.717, 1.165) is 0 Å². The zero-order chi connectivity index (χ0) is 27.8. The van der Waals surface area contributed by atoms with Crippen molar-refractivity contribution in [2.24, 2.45) is 27.9 Å². The quantitative estimate of drug-likeness (QED) is 0.0470. The van der Waals surface area contributed by atoms with Crippen molar-refractivity contribution >= 4 is 35.6 Å². The van der Waals surface area contributed by atoms with Crippen LogP contribution in [0, 0.1) is 0 Å². The molecule has 0 aliphatic heterocycles. The van der Waals surface area contributed by atoms with Gasteiger partial charge in [-0.2, -0.15) is 0 Å². The molecule has 0 rings (SSSR count). The lowest BCUT2D eigenvalue weighted by Gasteiger charge is -2.26. The number of carbonyl (C=O) groups is 5. The van der Waals surface area contributed by atoms with E-state index in [1.807, 2.05) is 0 Å². The number of nitrogens with two attached hydrogens (primary N) is 4. The largest absolute Gasteiger partial charge is 0.481 e. The van der Waals surface area contributed by atoms with Crippen LogP contribution in [0.15, 0.2) is 4.99 Å². The lowest BCUT2D eigenvalue weighted by molar-refractivity contribution is -0.143. The molecule has 0 heterocycles. The van der Waals surface area contributed by atoms with Crippen molar-refractivity contribution in [1.29, 1.82) is 0 Å². The van der Waals surface area contributed by atoms with Crippen molar-refractivity contribution in [3.8, 4) is 0 Å². The Morgan fingerprint density at radius 2 is 1.44 bits per heavy atom. The monoisotopic (exact) mass is 518 g/mol. The molecule has 0 saturated carbocycles. The minimum atomic E-state index is -1.56. The highest BCUT2D eigenvalue weighted by molar-refractivity contribution is 5.95. The van der Waals surface area contributed by atoms with E-state index in [4.69, 9.17) is 28.0 Å². The SMILES string of the molecule is CC(O)C(NC(=O)C(CCCCN)NC(=O)C(N)CC(=O)O)C(=O)NC(CCCN=C(N)N)C(=O)O. The number of nitrogens with zero attached hydrogens (tertiary/aromatic N) is 1. The van der Waals surface area contributed by atoms with Gasteiger partial charge in [0.1, 0.15) is 18.1 Å². The van der Waals surface area contributed by atoms with Gasteiger partial charge in [-0.25, -0.2) is 4.79 Å². The molecule has 0 aromatic rings. The van der Waals surface area contributed by atoms with E-state index in [1.165, 1.54) is 6.92 Å². The van der Waals surface area contributed by atoms with E-state index in [0.29, 0.717) is 19.4 Å². The number of aliphatic imine (C=N–C) groups is 1. The molecule has 0 spiro atoms. The Balaban J connectivity index is 5.40. The topological polar surface area (TPSA) is 299 Å². The van der Waals surface area contributed by atoms with Gasteiger partial charge < -0.3 is 54.2 Å². The van der Waals surface area contributed by atoms with Gasteiger partial charge in [-0.3, -0.25) is 24.2 Å². The second kappa shape index (κ2) is 17.0. The second-order valence-corrected chi connectivity index (χ2v) is 8.13. The van der Waals surface area contributed by atoms with Crippen molar-refractivity contribution in [2.45, 2.75) is 75.7 Å². The van der Waals surface area contributed by atoms with E-state index in [2.05, 4.69) is 20.9 Å². The van der Waals surface area contributed by atoms with Crippen LogP contribution < -0.4 is 38.9 Å². The van der Waals surface area contributed by atoms with E-state index in [1.54, 1.807) is 0 Å². The number of hydrogen-bond donors (Lipinski definition) is 10. The van der Waals surface area contributed by atoms with Crippen LogP contribution in [0.2, 0.25) is 0 Å². The lowest BCUT2D eigenvalue weighted by Crippen LogP contribution is -2.59. The maximum atomic E-state index is 12.9. The number of aliphatic carboxylic acids is 2. The molecule has 0 aromatic carbocycles. The summed E-state index contributed by atoms with van der Waals surface area (Å²) in [7, 11) is 0. The highest BCUT2D eigenvalue weighted by Gasteiger charge is 2.32. The maximum absolute atomic E-state index is 12.9. The van der Waals surface area contributed by atoms with Gasteiger partial charge in [-0.1, -0.05) is 0 Å². The molecule has 36 heavy (non-hydrogen) atoms. The minimum absolute atomic E-state index is 0.0302. The zero-order valence-corrected chi connectivity index (χ0v) is 20.2. The molecule has 16 heteroatoms. The number of rotatable bonds is 18. The molecule has 5 atom stereocenters. The fraction of sp³-hybridized carbons (Fsp3) is 0.700. The van der Waals surface area contributed by atoms with Crippen molar-refractivity contribution in [2.75, 3.05) is 13.1 Å². The number of aliphatic hydroxyl groups is 1. The van der Waals surface area contributed by atoms with Gasteiger partial charge in [0.15, 0.2) is 5.96 Å². The average Bonchev–Trinajstić information content (AvgIpc) is 2.77. The number of unbranched alkanes of at least 4 members (excludes halogenated alkanes) is 1. The fourth-order valence-corrected chi connectivity index (χ4v) is 3.00. The number of carbonyl (C=O) groups excluding carboxylic acids is 3. The number of aliphatic hydroxyl groups excluding tert-OH is 1. The molecule has 0 fully saturated rings. The summed E-state index contributed by atoms with van der Waals surface area (Å²) in [5.41, 5.74) is 21.4. The van der Waals surface area contributed by atoms with Crippen LogP contribution in [0.1, 0.15) is 45.4 Å². The first-order chi connectivity index (χ1) is 16.8. The molecule has 16 nitrogen and oxygen atoms in total. The Hall–Kier alpha value is -3.50. The molecule has 0 bridgehead atoms. The first kappa shape index (κ1) is 32.5. The number of guanidine groups is 1. The third-order valence-electron chi connectivity index (χ3n) is 4.93. The summed E-state index contributed by atoms with van der Waals surface area (Å²) < 4.78 is 0. The van der Waals surface area contributed by atoms with Gasteiger partial charge >= 0.3 is 11.9 Å². The van der Waals surface area contributed by atoms with Crippen LogP contribution in [-0.4, -0.2) is 94.3 Å². The van der Waals surface area contributed by atoms with E-state index in [-0.39, 0.29) is 31.8 Å². The third kappa shape index (κ3) is 13.4. The van der Waals surface area contributed by atoms with Crippen LogP contribution in [-0.2, 0) is 24.0 Å². The van der Waals surface area contributed by atoms with Crippen LogP contribution in [0.4, 0.5) is 0 Å². The lowest BCUT2D eigenvalue weighted by atomic mass is 10.0. The molecule has 206 valence electrons. The fourth-order valence-electron chi connectivity index (χ4n) is 3.00. The van der Waals surface area contributed by atoms with Crippen LogP contribution in [0.25, 0.3) is 0 Å². The molecule has 3 amide bonds. The molecule has 0 saturated heterocycles. The highest BCUT2D eigenvalue weighted by atomic mass is 16.4. The molecule has 0 aliphatic carbocycles. The van der Waals surface area contributed by atoms with Gasteiger partial charge in [0.2, 0.25) is 17.7 Å². The Morgan fingerprint density at radius 3 is 1.94 bits per heavy atom. The van der Waals surface area contributed by atoms with Gasteiger partial charge in [-0.15, -0.1) is 0 Å². The van der Waals surface area contributed by atoms with E-state index < -0.39 is 66.4 Å². The smallest absolute Gasteiger partial charge is 0.326 e.